The molecule has 2 fully saturated rings. The molecule has 4 nitrogen and oxygen atoms in total. The average molecular weight is 350 g/mol. The van der Waals surface area contributed by atoms with E-state index in [0.29, 0.717) is 17.5 Å². The number of likely N-dealkylation sites (tertiary alicyclic amines) is 1. The molecule has 0 spiro atoms. The highest BCUT2D eigenvalue weighted by molar-refractivity contribution is 6.31. The standard InChI is InChI=1S/C19H28ClN3O/c1-21-11-7-17(8-12-21)22-9-4-10-23(14-13-22)19(24)15-16-5-2-3-6-18(16)20/h2-3,5-6,17H,4,7-15H2,1H3. The molecular formula is C19H28ClN3O. The normalized spacial score (nSPS) is 21.7. The number of hydrogen-bond acceptors (Lipinski definition) is 3. The molecule has 1 aromatic carbocycles. The van der Waals surface area contributed by atoms with Gasteiger partial charge in [-0.3, -0.25) is 9.69 Å². The van der Waals surface area contributed by atoms with Gasteiger partial charge >= 0.3 is 0 Å². The molecule has 0 saturated carbocycles. The molecule has 24 heavy (non-hydrogen) atoms. The van der Waals surface area contributed by atoms with Gasteiger partial charge in [0.2, 0.25) is 5.91 Å². The van der Waals surface area contributed by atoms with Gasteiger partial charge in [-0.25, -0.2) is 0 Å². The van der Waals surface area contributed by atoms with Crippen molar-refractivity contribution < 1.29 is 4.79 Å². The van der Waals surface area contributed by atoms with Crippen molar-refractivity contribution in [2.45, 2.75) is 31.7 Å². The van der Waals surface area contributed by atoms with Crippen molar-refractivity contribution in [3.05, 3.63) is 34.9 Å². The molecule has 2 heterocycles. The van der Waals surface area contributed by atoms with Crippen molar-refractivity contribution >= 4 is 17.5 Å². The Morgan fingerprint density at radius 2 is 1.83 bits per heavy atom. The SMILES string of the molecule is CN1CCC(N2CCCN(C(=O)Cc3ccccc3Cl)CC2)CC1. The zero-order chi connectivity index (χ0) is 16.9. The van der Waals surface area contributed by atoms with E-state index >= 15 is 0 Å². The predicted molar refractivity (Wildman–Crippen MR) is 98.4 cm³/mol. The summed E-state index contributed by atoms with van der Waals surface area (Å²) in [5.41, 5.74) is 0.931. The second-order valence-corrected chi connectivity index (χ2v) is 7.48. The summed E-state index contributed by atoms with van der Waals surface area (Å²) in [6.45, 7) is 6.21. The summed E-state index contributed by atoms with van der Waals surface area (Å²) in [5, 5.41) is 0.689. The summed E-state index contributed by atoms with van der Waals surface area (Å²) in [6.07, 6.45) is 3.99. The molecule has 2 aliphatic heterocycles. The van der Waals surface area contributed by atoms with Crippen LogP contribution < -0.4 is 0 Å². The molecule has 0 atom stereocenters. The van der Waals surface area contributed by atoms with Crippen LogP contribution >= 0.6 is 11.6 Å². The van der Waals surface area contributed by atoms with Crippen LogP contribution in [0.2, 0.25) is 5.02 Å². The van der Waals surface area contributed by atoms with E-state index in [2.05, 4.69) is 16.8 Å². The van der Waals surface area contributed by atoms with E-state index in [1.165, 1.54) is 25.9 Å². The molecule has 0 bridgehead atoms. The quantitative estimate of drug-likeness (QED) is 0.839. The molecule has 0 aliphatic carbocycles. The molecule has 1 amide bonds. The summed E-state index contributed by atoms with van der Waals surface area (Å²) in [4.78, 5) is 19.7. The van der Waals surface area contributed by atoms with Gasteiger partial charge in [-0.05, 0) is 51.0 Å². The maximum Gasteiger partial charge on any atom is 0.227 e. The monoisotopic (exact) mass is 349 g/mol. The van der Waals surface area contributed by atoms with Crippen molar-refractivity contribution in [1.82, 2.24) is 14.7 Å². The highest BCUT2D eigenvalue weighted by Gasteiger charge is 2.26. The Hall–Kier alpha value is -1.10. The minimum atomic E-state index is 0.202. The lowest BCUT2D eigenvalue weighted by Gasteiger charge is -2.36. The van der Waals surface area contributed by atoms with Gasteiger partial charge in [-0.15, -0.1) is 0 Å². The first kappa shape index (κ1) is 17.7. The topological polar surface area (TPSA) is 26.8 Å². The smallest absolute Gasteiger partial charge is 0.227 e. The van der Waals surface area contributed by atoms with E-state index in [1.807, 2.05) is 29.2 Å². The lowest BCUT2D eigenvalue weighted by atomic mass is 10.0. The maximum atomic E-state index is 12.6. The molecule has 0 N–H and O–H groups in total. The molecule has 0 radical (unpaired) electrons. The second kappa shape index (κ2) is 8.32. The molecule has 132 valence electrons. The van der Waals surface area contributed by atoms with Gasteiger partial charge in [0.05, 0.1) is 6.42 Å². The maximum absolute atomic E-state index is 12.6. The van der Waals surface area contributed by atoms with E-state index in [9.17, 15) is 4.79 Å². The third-order valence-corrected chi connectivity index (χ3v) is 5.76. The molecular weight excluding hydrogens is 322 g/mol. The number of rotatable bonds is 3. The van der Waals surface area contributed by atoms with Crippen molar-refractivity contribution in [3.63, 3.8) is 0 Å². The van der Waals surface area contributed by atoms with Crippen LogP contribution in [-0.4, -0.2) is 73.0 Å². The number of benzene rings is 1. The number of carbonyl (C=O) groups is 1. The van der Waals surface area contributed by atoms with E-state index in [0.717, 1.165) is 38.2 Å². The van der Waals surface area contributed by atoms with Crippen LogP contribution in [0.15, 0.2) is 24.3 Å². The highest BCUT2D eigenvalue weighted by atomic mass is 35.5. The molecule has 0 unspecified atom stereocenters. The Morgan fingerprint density at radius 3 is 2.58 bits per heavy atom. The number of halogens is 1. The Labute approximate surface area is 150 Å². The van der Waals surface area contributed by atoms with Gasteiger partial charge in [-0.1, -0.05) is 29.8 Å². The average Bonchev–Trinajstić information content (AvgIpc) is 2.84. The first-order chi connectivity index (χ1) is 11.6. The van der Waals surface area contributed by atoms with Crippen molar-refractivity contribution in [1.29, 1.82) is 0 Å². The zero-order valence-corrected chi connectivity index (χ0v) is 15.3. The van der Waals surface area contributed by atoms with Gasteiger partial charge < -0.3 is 9.80 Å². The Bertz CT molecular complexity index is 557. The summed E-state index contributed by atoms with van der Waals surface area (Å²) in [5.74, 6) is 0.202. The van der Waals surface area contributed by atoms with Crippen LogP contribution in [0.3, 0.4) is 0 Å². The largest absolute Gasteiger partial charge is 0.341 e. The van der Waals surface area contributed by atoms with Crippen molar-refractivity contribution in [2.75, 3.05) is 46.3 Å². The van der Waals surface area contributed by atoms with E-state index < -0.39 is 0 Å². The first-order valence-corrected chi connectivity index (χ1v) is 9.45. The molecule has 0 aromatic heterocycles. The van der Waals surface area contributed by atoms with E-state index in [4.69, 9.17) is 11.6 Å². The first-order valence-electron chi connectivity index (χ1n) is 9.07. The number of carbonyl (C=O) groups excluding carboxylic acids is 1. The number of amides is 1. The van der Waals surface area contributed by atoms with Crippen LogP contribution in [-0.2, 0) is 11.2 Å². The highest BCUT2D eigenvalue weighted by Crippen LogP contribution is 2.19. The molecule has 2 aliphatic rings. The lowest BCUT2D eigenvalue weighted by Crippen LogP contribution is -2.45. The Kier molecular flexibility index (Phi) is 6.14. The van der Waals surface area contributed by atoms with Crippen LogP contribution in [0.1, 0.15) is 24.8 Å². The third kappa shape index (κ3) is 4.50. The van der Waals surface area contributed by atoms with Crippen LogP contribution in [0.5, 0.6) is 0 Å². The van der Waals surface area contributed by atoms with Gasteiger partial charge in [0.25, 0.3) is 0 Å². The fourth-order valence-electron chi connectivity index (χ4n) is 3.83. The fourth-order valence-corrected chi connectivity index (χ4v) is 4.03. The van der Waals surface area contributed by atoms with Gasteiger partial charge in [0, 0.05) is 37.2 Å². The Balaban J connectivity index is 1.53. The second-order valence-electron chi connectivity index (χ2n) is 7.07. The number of hydrogen-bond donors (Lipinski definition) is 0. The minimum Gasteiger partial charge on any atom is -0.341 e. The summed E-state index contributed by atoms with van der Waals surface area (Å²) in [6, 6.07) is 8.34. The molecule has 3 rings (SSSR count). The number of piperidine rings is 1. The van der Waals surface area contributed by atoms with Gasteiger partial charge in [0.15, 0.2) is 0 Å². The van der Waals surface area contributed by atoms with Gasteiger partial charge in [0.1, 0.15) is 0 Å². The zero-order valence-electron chi connectivity index (χ0n) is 14.6. The van der Waals surface area contributed by atoms with E-state index in [1.54, 1.807) is 0 Å². The van der Waals surface area contributed by atoms with Crippen molar-refractivity contribution in [2.24, 2.45) is 0 Å². The Morgan fingerprint density at radius 1 is 1.08 bits per heavy atom. The fraction of sp³-hybridized carbons (Fsp3) is 0.632. The summed E-state index contributed by atoms with van der Waals surface area (Å²) >= 11 is 6.19. The van der Waals surface area contributed by atoms with Crippen LogP contribution in [0, 0.1) is 0 Å². The van der Waals surface area contributed by atoms with Crippen LogP contribution in [0.4, 0.5) is 0 Å². The van der Waals surface area contributed by atoms with Crippen LogP contribution in [0.25, 0.3) is 0 Å². The summed E-state index contributed by atoms with van der Waals surface area (Å²) in [7, 11) is 2.20. The van der Waals surface area contributed by atoms with E-state index in [-0.39, 0.29) is 5.91 Å². The van der Waals surface area contributed by atoms with Crippen molar-refractivity contribution in [3.8, 4) is 0 Å². The lowest BCUT2D eigenvalue weighted by molar-refractivity contribution is -0.130. The molecule has 2 saturated heterocycles. The molecule has 5 heteroatoms. The number of nitrogens with zero attached hydrogens (tertiary/aromatic N) is 3. The third-order valence-electron chi connectivity index (χ3n) is 5.39. The van der Waals surface area contributed by atoms with Gasteiger partial charge in [-0.2, -0.15) is 0 Å². The minimum absolute atomic E-state index is 0.202. The predicted octanol–water partition coefficient (Wildman–Crippen LogP) is 2.51. The molecule has 1 aromatic rings. The summed E-state index contributed by atoms with van der Waals surface area (Å²) < 4.78 is 0.